The van der Waals surface area contributed by atoms with Gasteiger partial charge in [-0.15, -0.1) is 12.4 Å². The van der Waals surface area contributed by atoms with E-state index in [0.717, 1.165) is 5.56 Å². The fraction of sp³-hybridized carbons (Fsp3) is 0.143. The van der Waals surface area contributed by atoms with Crippen molar-refractivity contribution in [1.82, 2.24) is 0 Å². The Morgan fingerprint density at radius 2 is 1.54 bits per heavy atom. The minimum absolute atomic E-state index is 0. The minimum atomic E-state index is -4.02. The van der Waals surface area contributed by atoms with Crippen LogP contribution >= 0.6 is 12.4 Å². The molecule has 0 saturated heterocycles. The van der Waals surface area contributed by atoms with E-state index in [-0.39, 0.29) is 37.7 Å². The average Bonchev–Trinajstić information content (AvgIpc) is 1.86. The smallest absolute Gasteiger partial charge is 0.282 e. The quantitative estimate of drug-likeness (QED) is 0.633. The van der Waals surface area contributed by atoms with Gasteiger partial charge in [0.15, 0.2) is 0 Å². The van der Waals surface area contributed by atoms with E-state index in [2.05, 4.69) is 0 Å². The third-order valence-corrected chi connectivity index (χ3v) is 2.19. The molecule has 0 radical (unpaired) electrons. The molecule has 0 aliphatic carbocycles. The molecule has 13 heavy (non-hydrogen) atoms. The summed E-state index contributed by atoms with van der Waals surface area (Å²) in [5.74, 6) is 0. The van der Waals surface area contributed by atoms with Gasteiger partial charge in [0.25, 0.3) is 10.1 Å². The SMILES string of the molecule is Cc1ccc(S(=O)(=O)O)cc1.Cl.[Pd]. The predicted octanol–water partition coefficient (Wildman–Crippen LogP) is 1.66. The van der Waals surface area contributed by atoms with Gasteiger partial charge in [-0.3, -0.25) is 4.55 Å². The maximum Gasteiger partial charge on any atom is 0.294 e. The molecule has 0 aliphatic heterocycles. The molecule has 0 bridgehead atoms. The third-order valence-electron chi connectivity index (χ3n) is 1.32. The first-order valence-electron chi connectivity index (χ1n) is 3.04. The summed E-state index contributed by atoms with van der Waals surface area (Å²) in [4.78, 5) is -0.0666. The first kappa shape index (κ1) is 15.5. The third kappa shape index (κ3) is 4.75. The predicted molar refractivity (Wildman–Crippen MR) is 48.2 cm³/mol. The van der Waals surface area contributed by atoms with Gasteiger partial charge in [-0.25, -0.2) is 0 Å². The molecule has 0 aromatic heterocycles. The molecule has 0 heterocycles. The summed E-state index contributed by atoms with van der Waals surface area (Å²) in [5, 5.41) is 0. The number of benzene rings is 1. The van der Waals surface area contributed by atoms with E-state index < -0.39 is 10.1 Å². The van der Waals surface area contributed by atoms with Gasteiger partial charge in [-0.1, -0.05) is 17.7 Å². The number of hydrogen-bond acceptors (Lipinski definition) is 2. The Hall–Kier alpha value is 0.0823. The molecule has 0 saturated carbocycles. The van der Waals surface area contributed by atoms with Crippen molar-refractivity contribution in [3.63, 3.8) is 0 Å². The van der Waals surface area contributed by atoms with Gasteiger partial charge in [-0.05, 0) is 19.1 Å². The van der Waals surface area contributed by atoms with E-state index in [1.54, 1.807) is 12.1 Å². The second kappa shape index (κ2) is 5.74. The zero-order valence-corrected chi connectivity index (χ0v) is 9.89. The topological polar surface area (TPSA) is 54.4 Å². The number of hydrogen-bond donors (Lipinski definition) is 1. The molecule has 1 aromatic rings. The van der Waals surface area contributed by atoms with Crippen LogP contribution < -0.4 is 0 Å². The van der Waals surface area contributed by atoms with Crippen LogP contribution in [0.25, 0.3) is 0 Å². The van der Waals surface area contributed by atoms with E-state index in [0.29, 0.717) is 0 Å². The van der Waals surface area contributed by atoms with Gasteiger partial charge in [0.1, 0.15) is 0 Å². The molecule has 0 unspecified atom stereocenters. The molecule has 6 heteroatoms. The number of aryl methyl sites for hydroxylation is 1. The molecule has 0 amide bonds. The van der Waals surface area contributed by atoms with Crippen molar-refractivity contribution in [2.45, 2.75) is 11.8 Å². The van der Waals surface area contributed by atoms with Gasteiger partial charge < -0.3 is 0 Å². The van der Waals surface area contributed by atoms with Crippen molar-refractivity contribution < 1.29 is 33.4 Å². The van der Waals surface area contributed by atoms with Gasteiger partial charge in [0.2, 0.25) is 0 Å². The molecule has 0 atom stereocenters. The Bertz CT molecular complexity index is 347. The molecule has 3 nitrogen and oxygen atoms in total. The first-order chi connectivity index (χ1) is 5.00. The zero-order chi connectivity index (χ0) is 8.48. The summed E-state index contributed by atoms with van der Waals surface area (Å²) in [6.07, 6.45) is 0. The minimum Gasteiger partial charge on any atom is -0.282 e. The van der Waals surface area contributed by atoms with Crippen LogP contribution in [0.15, 0.2) is 29.2 Å². The molecule has 1 N–H and O–H groups in total. The summed E-state index contributed by atoms with van der Waals surface area (Å²) in [7, 11) is -4.02. The van der Waals surface area contributed by atoms with Gasteiger partial charge in [0.05, 0.1) is 4.90 Å². The second-order valence-electron chi connectivity index (χ2n) is 2.29. The van der Waals surface area contributed by atoms with Crippen molar-refractivity contribution in [2.75, 3.05) is 0 Å². The maximum atomic E-state index is 10.5. The zero-order valence-electron chi connectivity index (χ0n) is 6.71. The van der Waals surface area contributed by atoms with Gasteiger partial charge in [-0.2, -0.15) is 8.42 Å². The molecular formula is C7H9ClO3PdS. The summed E-state index contributed by atoms with van der Waals surface area (Å²) in [6, 6.07) is 5.99. The standard InChI is InChI=1S/C7H8O3S.ClH.Pd/c1-6-2-4-7(5-3-6)11(8,9)10;;/h2-5H,1H3,(H,8,9,10);1H;. The Morgan fingerprint density at radius 3 is 1.85 bits per heavy atom. The first-order valence-corrected chi connectivity index (χ1v) is 4.48. The molecule has 0 spiro atoms. The average molecular weight is 315 g/mol. The second-order valence-corrected chi connectivity index (χ2v) is 3.71. The van der Waals surface area contributed by atoms with Gasteiger partial charge >= 0.3 is 0 Å². The van der Waals surface area contributed by atoms with Crippen molar-refractivity contribution in [3.8, 4) is 0 Å². The van der Waals surface area contributed by atoms with Gasteiger partial charge in [0, 0.05) is 20.4 Å². The molecule has 78 valence electrons. The van der Waals surface area contributed by atoms with E-state index in [1.807, 2.05) is 6.92 Å². The largest absolute Gasteiger partial charge is 0.294 e. The van der Waals surface area contributed by atoms with E-state index in [9.17, 15) is 8.42 Å². The summed E-state index contributed by atoms with van der Waals surface area (Å²) in [5.41, 5.74) is 0.956. The monoisotopic (exact) mass is 314 g/mol. The number of halogens is 1. The molecule has 0 fully saturated rings. The Balaban J connectivity index is 0. The van der Waals surface area contributed by atoms with Crippen molar-refractivity contribution in [2.24, 2.45) is 0 Å². The van der Waals surface area contributed by atoms with Crippen molar-refractivity contribution in [1.29, 1.82) is 0 Å². The van der Waals surface area contributed by atoms with E-state index in [4.69, 9.17) is 4.55 Å². The van der Waals surface area contributed by atoms with Crippen LogP contribution in [0.3, 0.4) is 0 Å². The fourth-order valence-corrected chi connectivity index (χ4v) is 1.19. The van der Waals surface area contributed by atoms with Crippen molar-refractivity contribution in [3.05, 3.63) is 29.8 Å². The van der Waals surface area contributed by atoms with E-state index in [1.165, 1.54) is 12.1 Å². The van der Waals surface area contributed by atoms with Crippen LogP contribution in [0.1, 0.15) is 5.56 Å². The van der Waals surface area contributed by atoms with Crippen LogP contribution in [0, 0.1) is 6.92 Å². The molecular weight excluding hydrogens is 306 g/mol. The number of rotatable bonds is 1. The molecule has 0 aliphatic rings. The van der Waals surface area contributed by atoms with Crippen molar-refractivity contribution >= 4 is 22.5 Å². The maximum absolute atomic E-state index is 10.5. The van der Waals surface area contributed by atoms with Crippen LogP contribution in [-0.4, -0.2) is 13.0 Å². The summed E-state index contributed by atoms with van der Waals surface area (Å²) in [6.45, 7) is 1.84. The Morgan fingerprint density at radius 1 is 1.15 bits per heavy atom. The van der Waals surface area contributed by atoms with Crippen LogP contribution in [0.2, 0.25) is 0 Å². The van der Waals surface area contributed by atoms with E-state index >= 15 is 0 Å². The van der Waals surface area contributed by atoms with Crippen LogP contribution in [-0.2, 0) is 30.5 Å². The molecule has 1 rings (SSSR count). The Labute approximate surface area is 97.4 Å². The molecule has 1 aromatic carbocycles. The van der Waals surface area contributed by atoms with Crippen LogP contribution in [0.4, 0.5) is 0 Å². The fourth-order valence-electron chi connectivity index (χ4n) is 0.710. The summed E-state index contributed by atoms with van der Waals surface area (Å²) < 4.78 is 29.6. The van der Waals surface area contributed by atoms with Crippen LogP contribution in [0.5, 0.6) is 0 Å². The normalized spacial score (nSPS) is 9.69. The Kier molecular flexibility index (Phi) is 6.86. The summed E-state index contributed by atoms with van der Waals surface area (Å²) >= 11 is 0.